The molecule has 6 nitrogen and oxygen atoms in total. The molecule has 1 aromatic carbocycles. The number of aryl methyl sites for hydroxylation is 1. The topological polar surface area (TPSA) is 68.4 Å². The van der Waals surface area contributed by atoms with E-state index in [2.05, 4.69) is 0 Å². The second-order valence-corrected chi connectivity index (χ2v) is 5.39. The summed E-state index contributed by atoms with van der Waals surface area (Å²) >= 11 is 0. The van der Waals surface area contributed by atoms with Crippen LogP contribution in [0, 0.1) is 22.9 Å². The molecule has 0 saturated heterocycles. The first-order chi connectivity index (χ1) is 10.4. The number of benzene rings is 1. The molecule has 7 heteroatoms. The molecular formula is C15H14FN3O3. The summed E-state index contributed by atoms with van der Waals surface area (Å²) in [5.74, 6) is -0.296. The average molecular weight is 303 g/mol. The van der Waals surface area contributed by atoms with Crippen molar-refractivity contribution in [3.8, 4) is 11.1 Å². The molecule has 1 aliphatic rings. The van der Waals surface area contributed by atoms with E-state index in [1.54, 1.807) is 24.9 Å². The van der Waals surface area contributed by atoms with Crippen LogP contribution in [0.2, 0.25) is 0 Å². The Bertz CT molecular complexity index is 845. The van der Waals surface area contributed by atoms with Crippen LogP contribution >= 0.6 is 0 Å². The minimum Gasteiger partial charge on any atom is -0.353 e. The molecule has 0 bridgehead atoms. The third-order valence-corrected chi connectivity index (χ3v) is 3.87. The van der Waals surface area contributed by atoms with Gasteiger partial charge in [0.1, 0.15) is 5.82 Å². The van der Waals surface area contributed by atoms with Gasteiger partial charge in [-0.1, -0.05) is 11.6 Å². The predicted molar refractivity (Wildman–Crippen MR) is 80.8 cm³/mol. The third-order valence-electron chi connectivity index (χ3n) is 3.87. The Morgan fingerprint density at radius 2 is 1.95 bits per heavy atom. The summed E-state index contributed by atoms with van der Waals surface area (Å²) in [6.07, 6.45) is 0. The lowest BCUT2D eigenvalue weighted by Gasteiger charge is -2.13. The summed E-state index contributed by atoms with van der Waals surface area (Å²) in [7, 11) is 1.69. The molecule has 114 valence electrons. The SMILES string of the molecule is Cc1ccc(F)c(-c2cc([N+](=O)[O-])c3n(c2=O)CCN3C)c1. The summed E-state index contributed by atoms with van der Waals surface area (Å²) < 4.78 is 15.4. The van der Waals surface area contributed by atoms with E-state index < -0.39 is 16.3 Å². The van der Waals surface area contributed by atoms with Gasteiger partial charge < -0.3 is 4.90 Å². The van der Waals surface area contributed by atoms with Gasteiger partial charge in [-0.05, 0) is 19.1 Å². The highest BCUT2D eigenvalue weighted by Gasteiger charge is 2.30. The van der Waals surface area contributed by atoms with Crippen molar-refractivity contribution < 1.29 is 9.31 Å². The molecular weight excluding hydrogens is 289 g/mol. The van der Waals surface area contributed by atoms with E-state index in [9.17, 15) is 19.3 Å². The lowest BCUT2D eigenvalue weighted by molar-refractivity contribution is -0.384. The van der Waals surface area contributed by atoms with E-state index >= 15 is 0 Å². The highest BCUT2D eigenvalue weighted by Crippen LogP contribution is 2.33. The fourth-order valence-electron chi connectivity index (χ4n) is 2.78. The minimum absolute atomic E-state index is 0.0203. The number of pyridine rings is 1. The van der Waals surface area contributed by atoms with Crippen molar-refractivity contribution >= 4 is 11.5 Å². The molecule has 0 N–H and O–H groups in total. The van der Waals surface area contributed by atoms with E-state index in [0.717, 1.165) is 5.56 Å². The van der Waals surface area contributed by atoms with Gasteiger partial charge in [-0.15, -0.1) is 0 Å². The fourth-order valence-corrected chi connectivity index (χ4v) is 2.78. The normalized spacial score (nSPS) is 13.3. The van der Waals surface area contributed by atoms with Crippen LogP contribution in [0.1, 0.15) is 5.56 Å². The van der Waals surface area contributed by atoms with Crippen LogP contribution in [0.5, 0.6) is 0 Å². The molecule has 3 rings (SSSR count). The molecule has 22 heavy (non-hydrogen) atoms. The molecule has 0 fully saturated rings. The maximum absolute atomic E-state index is 14.1. The van der Waals surface area contributed by atoms with Crippen molar-refractivity contribution in [2.24, 2.45) is 0 Å². The first-order valence-electron chi connectivity index (χ1n) is 6.80. The summed E-state index contributed by atoms with van der Waals surface area (Å²) in [5.41, 5.74) is 0.302. The van der Waals surface area contributed by atoms with Crippen molar-refractivity contribution in [1.82, 2.24) is 4.57 Å². The first-order valence-corrected chi connectivity index (χ1v) is 6.80. The molecule has 1 aliphatic heterocycles. The summed E-state index contributed by atoms with van der Waals surface area (Å²) in [6, 6.07) is 5.56. The van der Waals surface area contributed by atoms with Gasteiger partial charge in [-0.2, -0.15) is 0 Å². The highest BCUT2D eigenvalue weighted by molar-refractivity contribution is 5.72. The number of likely N-dealkylation sites (N-methyl/N-ethyl adjacent to an activating group) is 1. The Morgan fingerprint density at radius 1 is 1.23 bits per heavy atom. The standard InChI is InChI=1S/C15H14FN3O3/c1-9-3-4-12(16)10(7-9)11-8-13(19(21)22)14-17(2)5-6-18(14)15(11)20/h3-4,7-8H,5-6H2,1-2H3. The Morgan fingerprint density at radius 3 is 2.64 bits per heavy atom. The molecule has 2 heterocycles. The van der Waals surface area contributed by atoms with Crippen LogP contribution in [-0.4, -0.2) is 23.1 Å². The third kappa shape index (κ3) is 2.05. The van der Waals surface area contributed by atoms with Crippen molar-refractivity contribution in [2.75, 3.05) is 18.5 Å². The molecule has 0 aliphatic carbocycles. The van der Waals surface area contributed by atoms with Crippen LogP contribution in [0.25, 0.3) is 11.1 Å². The van der Waals surface area contributed by atoms with Gasteiger partial charge in [-0.3, -0.25) is 19.5 Å². The molecule has 1 aromatic heterocycles. The molecule has 0 saturated carbocycles. The number of halogens is 1. The van der Waals surface area contributed by atoms with Crippen molar-refractivity contribution in [1.29, 1.82) is 0 Å². The van der Waals surface area contributed by atoms with Gasteiger partial charge >= 0.3 is 5.69 Å². The number of rotatable bonds is 2. The van der Waals surface area contributed by atoms with Crippen LogP contribution in [0.3, 0.4) is 0 Å². The smallest absolute Gasteiger partial charge is 0.310 e. The molecule has 0 amide bonds. The van der Waals surface area contributed by atoms with Gasteiger partial charge in [0, 0.05) is 31.8 Å². The average Bonchev–Trinajstić information content (AvgIpc) is 2.85. The Hall–Kier alpha value is -2.70. The molecule has 2 aromatic rings. The fraction of sp³-hybridized carbons (Fsp3) is 0.267. The number of anilines is 1. The summed E-state index contributed by atoms with van der Waals surface area (Å²) in [6.45, 7) is 2.64. The van der Waals surface area contributed by atoms with E-state index in [4.69, 9.17) is 0 Å². The molecule has 0 atom stereocenters. The Labute approximate surface area is 125 Å². The number of nitro groups is 1. The zero-order chi connectivity index (χ0) is 16.0. The van der Waals surface area contributed by atoms with Gasteiger partial charge in [-0.25, -0.2) is 4.39 Å². The minimum atomic E-state index is -0.566. The van der Waals surface area contributed by atoms with Crippen LogP contribution in [0.4, 0.5) is 15.9 Å². The summed E-state index contributed by atoms with van der Waals surface area (Å²) in [4.78, 5) is 25.0. The second-order valence-electron chi connectivity index (χ2n) is 5.39. The van der Waals surface area contributed by atoms with Crippen LogP contribution < -0.4 is 10.5 Å². The van der Waals surface area contributed by atoms with Crippen molar-refractivity contribution in [3.63, 3.8) is 0 Å². The highest BCUT2D eigenvalue weighted by atomic mass is 19.1. The second kappa shape index (κ2) is 4.94. The number of fused-ring (bicyclic) bond motifs is 1. The lowest BCUT2D eigenvalue weighted by atomic mass is 10.0. The predicted octanol–water partition coefficient (Wildman–Crippen LogP) is 2.32. The maximum Gasteiger partial charge on any atom is 0.310 e. The maximum atomic E-state index is 14.1. The first kappa shape index (κ1) is 14.2. The Kier molecular flexibility index (Phi) is 3.20. The van der Waals surface area contributed by atoms with Gasteiger partial charge in [0.05, 0.1) is 10.5 Å². The molecule has 0 spiro atoms. The van der Waals surface area contributed by atoms with Crippen LogP contribution in [-0.2, 0) is 6.54 Å². The van der Waals surface area contributed by atoms with Gasteiger partial charge in [0.25, 0.3) is 5.56 Å². The number of aromatic nitrogens is 1. The zero-order valence-electron chi connectivity index (χ0n) is 12.2. The van der Waals surface area contributed by atoms with Crippen molar-refractivity contribution in [3.05, 3.63) is 56.1 Å². The number of nitrogens with zero attached hydrogens (tertiary/aromatic N) is 3. The van der Waals surface area contributed by atoms with Gasteiger partial charge in [0.15, 0.2) is 5.82 Å². The Balaban J connectivity index is 2.35. The van der Waals surface area contributed by atoms with E-state index in [-0.39, 0.29) is 22.6 Å². The monoisotopic (exact) mass is 303 g/mol. The van der Waals surface area contributed by atoms with E-state index in [1.807, 2.05) is 0 Å². The van der Waals surface area contributed by atoms with Gasteiger partial charge in [0.2, 0.25) is 0 Å². The van der Waals surface area contributed by atoms with Crippen molar-refractivity contribution in [2.45, 2.75) is 13.5 Å². The van der Waals surface area contributed by atoms with Crippen LogP contribution in [0.15, 0.2) is 29.1 Å². The largest absolute Gasteiger partial charge is 0.353 e. The van der Waals surface area contributed by atoms with E-state index in [0.29, 0.717) is 13.1 Å². The molecule has 0 radical (unpaired) electrons. The number of hydrogen-bond acceptors (Lipinski definition) is 4. The number of hydrogen-bond donors (Lipinski definition) is 0. The lowest BCUT2D eigenvalue weighted by Crippen LogP contribution is -2.22. The van der Waals surface area contributed by atoms with E-state index in [1.165, 1.54) is 22.8 Å². The molecule has 0 unspecified atom stereocenters. The zero-order valence-corrected chi connectivity index (χ0v) is 12.2. The summed E-state index contributed by atoms with van der Waals surface area (Å²) in [5, 5.41) is 11.3. The quantitative estimate of drug-likeness (QED) is 0.630.